The number of unbranched alkanes of at least 4 members (excludes halogenated alkanes) is 6. The second kappa shape index (κ2) is 12.3. The van der Waals surface area contributed by atoms with Gasteiger partial charge in [0.05, 0.1) is 13.7 Å². The Balaban J connectivity index is 0. The standard InChI is InChI=1S/C10H22O4S.Na.H/c1-3-4-5-6-7-8-9-10-14-15(11,12)13-2;;/h3-10H2,1-2H3;;. The molecule has 0 fully saturated rings. The van der Waals surface area contributed by atoms with Gasteiger partial charge >= 0.3 is 40.0 Å². The van der Waals surface area contributed by atoms with Crippen molar-refractivity contribution in [2.24, 2.45) is 0 Å². The van der Waals surface area contributed by atoms with Crippen LogP contribution in [-0.2, 0) is 18.8 Å². The van der Waals surface area contributed by atoms with Crippen LogP contribution in [0.1, 0.15) is 51.9 Å². The quantitative estimate of drug-likeness (QED) is 0.446. The topological polar surface area (TPSA) is 52.6 Å². The van der Waals surface area contributed by atoms with Crippen LogP contribution < -0.4 is 0 Å². The number of rotatable bonds is 10. The first-order valence-electron chi connectivity index (χ1n) is 5.57. The Bertz CT molecular complexity index is 229. The fraction of sp³-hybridized carbons (Fsp3) is 1.00. The van der Waals surface area contributed by atoms with E-state index >= 15 is 0 Å². The normalized spacial score (nSPS) is 11.1. The Hall–Kier alpha value is 0.870. The Kier molecular flexibility index (Phi) is 14.8. The van der Waals surface area contributed by atoms with Crippen LogP contribution in [0.2, 0.25) is 0 Å². The molecule has 0 unspecified atom stereocenters. The number of hydrogen-bond donors (Lipinski definition) is 0. The van der Waals surface area contributed by atoms with Crippen molar-refractivity contribution in [3.63, 3.8) is 0 Å². The Morgan fingerprint density at radius 2 is 1.44 bits per heavy atom. The molecule has 0 aromatic carbocycles. The second-order valence-corrected chi connectivity index (χ2v) is 4.90. The van der Waals surface area contributed by atoms with Gasteiger partial charge in [-0.05, 0) is 6.42 Å². The molecular formula is C10H23NaO4S. The van der Waals surface area contributed by atoms with Crippen LogP contribution in [0.15, 0.2) is 0 Å². The van der Waals surface area contributed by atoms with E-state index < -0.39 is 10.4 Å². The summed E-state index contributed by atoms with van der Waals surface area (Å²) >= 11 is 0. The fourth-order valence-corrected chi connectivity index (χ4v) is 1.69. The molecule has 0 radical (unpaired) electrons. The van der Waals surface area contributed by atoms with Crippen molar-refractivity contribution in [2.45, 2.75) is 51.9 Å². The second-order valence-electron chi connectivity index (χ2n) is 3.52. The van der Waals surface area contributed by atoms with Crippen LogP contribution in [0.5, 0.6) is 0 Å². The van der Waals surface area contributed by atoms with Crippen LogP contribution in [0.3, 0.4) is 0 Å². The van der Waals surface area contributed by atoms with E-state index in [2.05, 4.69) is 15.3 Å². The molecular weight excluding hydrogens is 239 g/mol. The van der Waals surface area contributed by atoms with Crippen LogP contribution >= 0.6 is 0 Å². The third-order valence-corrected chi connectivity index (χ3v) is 3.04. The first-order valence-corrected chi connectivity index (χ1v) is 6.90. The summed E-state index contributed by atoms with van der Waals surface area (Å²) in [5, 5.41) is 0. The first kappa shape index (κ1) is 19.2. The average Bonchev–Trinajstić information content (AvgIpc) is 2.22. The van der Waals surface area contributed by atoms with E-state index in [0.717, 1.165) is 26.4 Å². The van der Waals surface area contributed by atoms with E-state index in [1.807, 2.05) is 0 Å². The van der Waals surface area contributed by atoms with E-state index in [0.29, 0.717) is 0 Å². The van der Waals surface area contributed by atoms with Gasteiger partial charge in [-0.3, -0.25) is 4.18 Å². The summed E-state index contributed by atoms with van der Waals surface area (Å²) in [4.78, 5) is 0. The predicted octanol–water partition coefficient (Wildman–Crippen LogP) is 2.00. The third-order valence-electron chi connectivity index (χ3n) is 2.18. The van der Waals surface area contributed by atoms with E-state index in [9.17, 15) is 8.42 Å². The van der Waals surface area contributed by atoms with Gasteiger partial charge in [-0.15, -0.1) is 0 Å². The van der Waals surface area contributed by atoms with Crippen molar-refractivity contribution < 1.29 is 16.8 Å². The monoisotopic (exact) mass is 262 g/mol. The van der Waals surface area contributed by atoms with E-state index in [-0.39, 0.29) is 36.2 Å². The van der Waals surface area contributed by atoms with Crippen molar-refractivity contribution in [1.29, 1.82) is 0 Å². The van der Waals surface area contributed by atoms with Crippen molar-refractivity contribution >= 4 is 40.0 Å². The maximum atomic E-state index is 10.7. The molecule has 0 aromatic heterocycles. The zero-order valence-electron chi connectivity index (χ0n) is 9.70. The summed E-state index contributed by atoms with van der Waals surface area (Å²) in [5.41, 5.74) is 0. The molecule has 94 valence electrons. The Labute approximate surface area is 122 Å². The van der Waals surface area contributed by atoms with E-state index in [1.165, 1.54) is 25.7 Å². The summed E-state index contributed by atoms with van der Waals surface area (Å²) in [5.74, 6) is 0. The molecule has 0 atom stereocenters. The zero-order valence-corrected chi connectivity index (χ0v) is 10.5. The molecule has 0 aliphatic carbocycles. The van der Waals surface area contributed by atoms with Crippen LogP contribution in [-0.4, -0.2) is 51.7 Å². The average molecular weight is 262 g/mol. The Morgan fingerprint density at radius 1 is 0.938 bits per heavy atom. The SMILES string of the molecule is CCCCCCCCCOS(=O)(=O)OC.[NaH]. The van der Waals surface area contributed by atoms with Crippen LogP contribution in [0, 0.1) is 0 Å². The van der Waals surface area contributed by atoms with Gasteiger partial charge < -0.3 is 0 Å². The summed E-state index contributed by atoms with van der Waals surface area (Å²) in [7, 11) is -2.62. The summed E-state index contributed by atoms with van der Waals surface area (Å²) in [6.07, 6.45) is 7.97. The summed E-state index contributed by atoms with van der Waals surface area (Å²) < 4.78 is 30.2. The first-order chi connectivity index (χ1) is 7.12. The maximum absolute atomic E-state index is 10.7. The molecule has 0 spiro atoms. The predicted molar refractivity (Wildman–Crippen MR) is 67.0 cm³/mol. The van der Waals surface area contributed by atoms with Gasteiger partial charge in [0.15, 0.2) is 0 Å². The van der Waals surface area contributed by atoms with Gasteiger partial charge in [-0.1, -0.05) is 45.4 Å². The van der Waals surface area contributed by atoms with Gasteiger partial charge in [-0.2, -0.15) is 8.42 Å². The molecule has 0 N–H and O–H groups in total. The molecule has 0 aromatic rings. The molecule has 16 heavy (non-hydrogen) atoms. The minimum absolute atomic E-state index is 0. The zero-order chi connectivity index (χ0) is 11.6. The minimum atomic E-state index is -3.72. The molecule has 0 heterocycles. The molecule has 0 saturated carbocycles. The number of hydrogen-bond acceptors (Lipinski definition) is 4. The van der Waals surface area contributed by atoms with E-state index in [1.54, 1.807) is 0 Å². The molecule has 0 saturated heterocycles. The van der Waals surface area contributed by atoms with E-state index in [4.69, 9.17) is 0 Å². The van der Waals surface area contributed by atoms with Crippen molar-refractivity contribution in [1.82, 2.24) is 0 Å². The van der Waals surface area contributed by atoms with Crippen LogP contribution in [0.4, 0.5) is 0 Å². The van der Waals surface area contributed by atoms with Gasteiger partial charge in [-0.25, -0.2) is 4.18 Å². The third kappa shape index (κ3) is 12.9. The summed E-state index contributed by atoms with van der Waals surface area (Å²) in [6.45, 7) is 2.41. The van der Waals surface area contributed by atoms with Crippen molar-refractivity contribution in [2.75, 3.05) is 13.7 Å². The molecule has 4 nitrogen and oxygen atoms in total. The molecule has 0 aliphatic rings. The van der Waals surface area contributed by atoms with Gasteiger partial charge in [0.2, 0.25) is 0 Å². The Morgan fingerprint density at radius 3 is 1.94 bits per heavy atom. The van der Waals surface area contributed by atoms with Crippen molar-refractivity contribution in [3.05, 3.63) is 0 Å². The molecule has 0 bridgehead atoms. The van der Waals surface area contributed by atoms with Gasteiger partial charge in [0, 0.05) is 0 Å². The summed E-state index contributed by atoms with van der Waals surface area (Å²) in [6, 6.07) is 0. The van der Waals surface area contributed by atoms with Gasteiger partial charge in [0.25, 0.3) is 0 Å². The molecule has 0 amide bonds. The van der Waals surface area contributed by atoms with Gasteiger partial charge in [0.1, 0.15) is 0 Å². The van der Waals surface area contributed by atoms with Crippen LogP contribution in [0.25, 0.3) is 0 Å². The van der Waals surface area contributed by atoms with Crippen molar-refractivity contribution in [3.8, 4) is 0 Å². The molecule has 6 heteroatoms. The molecule has 0 aliphatic heterocycles. The fourth-order valence-electron chi connectivity index (χ4n) is 1.27. The molecule has 0 rings (SSSR count).